The van der Waals surface area contributed by atoms with Crippen LogP contribution in [0.3, 0.4) is 0 Å². The number of rotatable bonds is 7. The molecular formula is C28H31NO5. The first-order valence-electron chi connectivity index (χ1n) is 11.3. The van der Waals surface area contributed by atoms with Gasteiger partial charge in [-0.25, -0.2) is 0 Å². The van der Waals surface area contributed by atoms with Crippen molar-refractivity contribution in [2.75, 3.05) is 35.5 Å². The van der Waals surface area contributed by atoms with Crippen LogP contribution < -0.4 is 24.4 Å². The summed E-state index contributed by atoms with van der Waals surface area (Å²) in [5, 5.41) is 0. The van der Waals surface area contributed by atoms with E-state index in [9.17, 15) is 4.79 Å². The molecule has 6 nitrogen and oxygen atoms in total. The number of hydrogen-bond donors (Lipinski definition) is 0. The van der Waals surface area contributed by atoms with Crippen LogP contribution in [0.2, 0.25) is 0 Å². The molecule has 0 radical (unpaired) electrons. The Balaban J connectivity index is 1.96. The van der Waals surface area contributed by atoms with Crippen LogP contribution in [0.5, 0.6) is 23.0 Å². The van der Waals surface area contributed by atoms with Crippen LogP contribution in [-0.2, 0) is 13.0 Å². The van der Waals surface area contributed by atoms with E-state index in [1.807, 2.05) is 30.3 Å². The minimum absolute atomic E-state index is 0.00843. The molecule has 1 aliphatic carbocycles. The van der Waals surface area contributed by atoms with E-state index in [0.717, 1.165) is 41.6 Å². The number of hydrogen-bond acceptors (Lipinski definition) is 6. The Labute approximate surface area is 200 Å². The summed E-state index contributed by atoms with van der Waals surface area (Å²) in [6, 6.07) is 17.8. The van der Waals surface area contributed by atoms with Gasteiger partial charge in [-0.05, 0) is 60.3 Å². The number of aryl methyl sites for hydroxylation is 1. The van der Waals surface area contributed by atoms with Gasteiger partial charge in [-0.1, -0.05) is 36.4 Å². The second-order valence-electron chi connectivity index (χ2n) is 8.41. The Bertz CT molecular complexity index is 1230. The third-order valence-corrected chi connectivity index (χ3v) is 6.50. The first-order chi connectivity index (χ1) is 16.5. The average molecular weight is 462 g/mol. The van der Waals surface area contributed by atoms with E-state index in [1.165, 1.54) is 12.7 Å². The summed E-state index contributed by atoms with van der Waals surface area (Å²) in [6.45, 7) is 0.759. The van der Waals surface area contributed by atoms with Gasteiger partial charge in [0.1, 0.15) is 0 Å². The zero-order valence-electron chi connectivity index (χ0n) is 20.4. The molecule has 3 aromatic rings. The summed E-state index contributed by atoms with van der Waals surface area (Å²) >= 11 is 0. The molecule has 6 heteroatoms. The Morgan fingerprint density at radius 1 is 0.853 bits per heavy atom. The maximum absolute atomic E-state index is 13.0. The highest BCUT2D eigenvalue weighted by Gasteiger charge is 2.30. The minimum Gasteiger partial charge on any atom is -0.493 e. The number of nitrogens with zero attached hydrogens (tertiary/aromatic N) is 1. The zero-order valence-corrected chi connectivity index (χ0v) is 20.4. The number of benzene rings is 2. The van der Waals surface area contributed by atoms with Crippen molar-refractivity contribution in [1.82, 2.24) is 4.90 Å². The number of fused-ring (bicyclic) bond motifs is 3. The molecular weight excluding hydrogens is 430 g/mol. The molecule has 0 unspecified atom stereocenters. The second kappa shape index (κ2) is 10.2. The first kappa shape index (κ1) is 23.6. The van der Waals surface area contributed by atoms with Crippen molar-refractivity contribution in [1.29, 1.82) is 0 Å². The summed E-state index contributed by atoms with van der Waals surface area (Å²) in [7, 11) is 8.47. The monoisotopic (exact) mass is 461 g/mol. The molecule has 0 saturated heterocycles. The summed E-state index contributed by atoms with van der Waals surface area (Å²) in [4.78, 5) is 15.3. The van der Waals surface area contributed by atoms with Crippen molar-refractivity contribution in [2.45, 2.75) is 25.4 Å². The molecule has 1 atom stereocenters. The molecule has 0 fully saturated rings. The molecule has 0 spiro atoms. The van der Waals surface area contributed by atoms with Gasteiger partial charge in [0.2, 0.25) is 11.2 Å². The molecule has 34 heavy (non-hydrogen) atoms. The van der Waals surface area contributed by atoms with Crippen molar-refractivity contribution >= 4 is 0 Å². The maximum Gasteiger partial charge on any atom is 0.220 e. The molecule has 1 aliphatic rings. The van der Waals surface area contributed by atoms with Gasteiger partial charge in [-0.2, -0.15) is 0 Å². The fourth-order valence-electron chi connectivity index (χ4n) is 4.89. The van der Waals surface area contributed by atoms with Crippen LogP contribution >= 0.6 is 0 Å². The molecule has 0 aliphatic heterocycles. The third-order valence-electron chi connectivity index (χ3n) is 6.50. The van der Waals surface area contributed by atoms with Crippen LogP contribution in [0, 0.1) is 0 Å². The number of methoxy groups -OCH3 is 4. The summed E-state index contributed by atoms with van der Waals surface area (Å²) in [5.41, 5.74) is 4.94. The van der Waals surface area contributed by atoms with E-state index >= 15 is 0 Å². The molecule has 0 amide bonds. The lowest BCUT2D eigenvalue weighted by Crippen LogP contribution is -2.25. The summed E-state index contributed by atoms with van der Waals surface area (Å²) in [6.07, 6.45) is 1.62. The molecule has 3 aromatic carbocycles. The van der Waals surface area contributed by atoms with E-state index in [-0.39, 0.29) is 11.5 Å². The Hall–Kier alpha value is -3.51. The Morgan fingerprint density at radius 2 is 1.56 bits per heavy atom. The highest BCUT2D eigenvalue weighted by atomic mass is 16.5. The number of ether oxygens (including phenoxy) is 4. The molecule has 0 saturated carbocycles. The van der Waals surface area contributed by atoms with Crippen LogP contribution in [0.15, 0.2) is 59.4 Å². The van der Waals surface area contributed by atoms with Crippen LogP contribution in [0.25, 0.3) is 11.1 Å². The quantitative estimate of drug-likeness (QED) is 0.501. The van der Waals surface area contributed by atoms with Gasteiger partial charge < -0.3 is 18.9 Å². The SMILES string of the molecule is COc1cc2c(c(OC)c1OC)-c1ccc(OC)c(=O)cc1[C@@H](N(C)Cc1ccccc1)CC2. The van der Waals surface area contributed by atoms with Crippen molar-refractivity contribution in [2.24, 2.45) is 0 Å². The van der Waals surface area contributed by atoms with E-state index < -0.39 is 0 Å². The van der Waals surface area contributed by atoms with Crippen LogP contribution in [0.4, 0.5) is 0 Å². The first-order valence-corrected chi connectivity index (χ1v) is 11.3. The fourth-order valence-corrected chi connectivity index (χ4v) is 4.89. The molecule has 0 heterocycles. The molecule has 178 valence electrons. The standard InChI is InChI=1S/C28H31NO5/c1-29(17-18-9-7-6-8-10-18)22-13-11-19-15-25(32-3)27(33-4)28(34-5)26(19)20-12-14-24(31-2)23(30)16-21(20)22/h6-10,12,14-16,22H,11,13,17H2,1-5H3/t22-/m0/s1. The van der Waals surface area contributed by atoms with Crippen LogP contribution in [0.1, 0.15) is 29.2 Å². The lowest BCUT2D eigenvalue weighted by Gasteiger charge is -2.28. The Kier molecular flexibility index (Phi) is 7.08. The maximum atomic E-state index is 13.0. The van der Waals surface area contributed by atoms with Crippen molar-refractivity contribution in [3.05, 3.63) is 81.5 Å². The second-order valence-corrected chi connectivity index (χ2v) is 8.41. The van der Waals surface area contributed by atoms with Gasteiger partial charge in [0.05, 0.1) is 28.4 Å². The molecule has 0 bridgehead atoms. The average Bonchev–Trinajstić information content (AvgIpc) is 3.10. The van der Waals surface area contributed by atoms with Crippen LogP contribution in [-0.4, -0.2) is 40.4 Å². The topological polar surface area (TPSA) is 57.2 Å². The van der Waals surface area contributed by atoms with E-state index in [1.54, 1.807) is 33.5 Å². The zero-order chi connectivity index (χ0) is 24.2. The molecule has 0 N–H and O–H groups in total. The van der Waals surface area contributed by atoms with Gasteiger partial charge in [0.25, 0.3) is 0 Å². The van der Waals surface area contributed by atoms with Gasteiger partial charge in [-0.3, -0.25) is 9.69 Å². The molecule has 4 rings (SSSR count). The van der Waals surface area contributed by atoms with Gasteiger partial charge in [0, 0.05) is 18.2 Å². The highest BCUT2D eigenvalue weighted by molar-refractivity contribution is 5.82. The smallest absolute Gasteiger partial charge is 0.220 e. The third kappa shape index (κ3) is 4.33. The fraction of sp³-hybridized carbons (Fsp3) is 0.321. The largest absolute Gasteiger partial charge is 0.493 e. The van der Waals surface area contributed by atoms with E-state index in [2.05, 4.69) is 24.1 Å². The van der Waals surface area contributed by atoms with Crippen molar-refractivity contribution in [3.63, 3.8) is 0 Å². The normalized spacial score (nSPS) is 14.6. The Morgan fingerprint density at radius 3 is 2.21 bits per heavy atom. The predicted octanol–water partition coefficient (Wildman–Crippen LogP) is 4.87. The van der Waals surface area contributed by atoms with Gasteiger partial charge in [-0.15, -0.1) is 0 Å². The predicted molar refractivity (Wildman–Crippen MR) is 133 cm³/mol. The van der Waals surface area contributed by atoms with Crippen molar-refractivity contribution in [3.8, 4) is 34.1 Å². The van der Waals surface area contributed by atoms with Gasteiger partial charge >= 0.3 is 0 Å². The lowest BCUT2D eigenvalue weighted by atomic mass is 9.95. The highest BCUT2D eigenvalue weighted by Crippen LogP contribution is 2.50. The van der Waals surface area contributed by atoms with E-state index in [4.69, 9.17) is 18.9 Å². The summed E-state index contributed by atoms with van der Waals surface area (Å²) < 4.78 is 22.5. The van der Waals surface area contributed by atoms with Gasteiger partial charge in [0.15, 0.2) is 17.2 Å². The van der Waals surface area contributed by atoms with E-state index in [0.29, 0.717) is 23.0 Å². The summed E-state index contributed by atoms with van der Waals surface area (Å²) in [5.74, 6) is 2.06. The van der Waals surface area contributed by atoms with Crippen molar-refractivity contribution < 1.29 is 18.9 Å². The molecule has 0 aromatic heterocycles. The lowest BCUT2D eigenvalue weighted by molar-refractivity contribution is 0.226. The minimum atomic E-state index is -0.148.